The van der Waals surface area contributed by atoms with Crippen LogP contribution in [0.25, 0.3) is 0 Å². The summed E-state index contributed by atoms with van der Waals surface area (Å²) in [5.41, 5.74) is 2.54. The van der Waals surface area contributed by atoms with E-state index >= 15 is 0 Å². The van der Waals surface area contributed by atoms with Gasteiger partial charge in [0.2, 0.25) is 0 Å². The van der Waals surface area contributed by atoms with Gasteiger partial charge in [-0.3, -0.25) is 4.90 Å². The summed E-state index contributed by atoms with van der Waals surface area (Å²) in [6.45, 7) is 2.80. The van der Waals surface area contributed by atoms with Gasteiger partial charge < -0.3 is 5.32 Å². The molecule has 1 fully saturated rings. The molecular weight excluding hydrogens is 354 g/mol. The summed E-state index contributed by atoms with van der Waals surface area (Å²) in [5.74, 6) is 0. The quantitative estimate of drug-likeness (QED) is 0.800. The van der Waals surface area contributed by atoms with Crippen LogP contribution in [0.3, 0.4) is 0 Å². The van der Waals surface area contributed by atoms with Gasteiger partial charge in [0.05, 0.1) is 9.48 Å². The van der Waals surface area contributed by atoms with Crippen LogP contribution in [0.1, 0.15) is 29.1 Å². The highest BCUT2D eigenvalue weighted by Crippen LogP contribution is 2.22. The minimum Gasteiger partial charge on any atom is -0.308 e. The number of hydrogen-bond donors (Lipinski definition) is 1. The molecule has 6 heteroatoms. The van der Waals surface area contributed by atoms with E-state index in [1.54, 1.807) is 22.7 Å². The molecule has 20 heavy (non-hydrogen) atoms. The fourth-order valence-corrected chi connectivity index (χ4v) is 4.03. The predicted octanol–water partition coefficient (Wildman–Crippen LogP) is 3.85. The summed E-state index contributed by atoms with van der Waals surface area (Å²) in [6.07, 6.45) is 2.66. The van der Waals surface area contributed by atoms with E-state index in [1.807, 2.05) is 0 Å². The Balaban J connectivity index is 1.48. The maximum Gasteiger partial charge on any atom is 0.107 e. The normalized spacial score (nSPS) is 15.2. The molecule has 1 aliphatic carbocycles. The van der Waals surface area contributed by atoms with Crippen LogP contribution < -0.4 is 5.32 Å². The van der Waals surface area contributed by atoms with Crippen molar-refractivity contribution in [1.29, 1.82) is 0 Å². The van der Waals surface area contributed by atoms with Crippen molar-refractivity contribution in [3.05, 3.63) is 36.9 Å². The van der Waals surface area contributed by atoms with Gasteiger partial charge in [-0.25, -0.2) is 4.98 Å². The number of halogens is 1. The van der Waals surface area contributed by atoms with E-state index in [2.05, 4.69) is 50.0 Å². The lowest BCUT2D eigenvalue weighted by Gasteiger charge is -2.13. The minimum atomic E-state index is 0.752. The van der Waals surface area contributed by atoms with Gasteiger partial charge in [-0.2, -0.15) is 0 Å². The number of thiazole rings is 1. The van der Waals surface area contributed by atoms with E-state index < -0.39 is 0 Å². The summed E-state index contributed by atoms with van der Waals surface area (Å²) >= 11 is 7.01. The molecule has 0 spiro atoms. The van der Waals surface area contributed by atoms with Crippen molar-refractivity contribution >= 4 is 38.6 Å². The smallest absolute Gasteiger partial charge is 0.107 e. The van der Waals surface area contributed by atoms with E-state index in [4.69, 9.17) is 4.98 Å². The van der Waals surface area contributed by atoms with Gasteiger partial charge in [0.25, 0.3) is 0 Å². The molecule has 0 aromatic carbocycles. The average molecular weight is 372 g/mol. The van der Waals surface area contributed by atoms with E-state index in [0.29, 0.717) is 0 Å². The fraction of sp³-hybridized carbons (Fsp3) is 0.500. The third kappa shape index (κ3) is 4.36. The van der Waals surface area contributed by atoms with E-state index in [1.165, 1.54) is 32.9 Å². The van der Waals surface area contributed by atoms with Crippen molar-refractivity contribution in [1.82, 2.24) is 15.2 Å². The van der Waals surface area contributed by atoms with Crippen LogP contribution >= 0.6 is 38.6 Å². The number of hydrogen-bond acceptors (Lipinski definition) is 5. The van der Waals surface area contributed by atoms with Crippen LogP contribution in [-0.4, -0.2) is 23.0 Å². The second kappa shape index (κ2) is 6.66. The maximum atomic E-state index is 4.70. The molecule has 0 unspecified atom stereocenters. The van der Waals surface area contributed by atoms with Crippen molar-refractivity contribution in [2.24, 2.45) is 0 Å². The van der Waals surface area contributed by atoms with Crippen molar-refractivity contribution < 1.29 is 0 Å². The standard InChI is InChI=1S/C14H18BrN3S2/c1-18(6-10-4-13(15)19-8-10)7-12-9-20-14(17-12)5-16-11-2-3-11/h4,8-9,11,16H,2-3,5-7H2,1H3. The van der Waals surface area contributed by atoms with Crippen LogP contribution in [0.4, 0.5) is 0 Å². The first-order valence-corrected chi connectivity index (χ1v) is 9.32. The maximum absolute atomic E-state index is 4.70. The molecule has 2 aromatic heterocycles. The van der Waals surface area contributed by atoms with Gasteiger partial charge in [0.15, 0.2) is 0 Å². The lowest BCUT2D eigenvalue weighted by Crippen LogP contribution is -2.18. The van der Waals surface area contributed by atoms with Crippen LogP contribution in [0.5, 0.6) is 0 Å². The number of thiophene rings is 1. The number of nitrogens with one attached hydrogen (secondary N) is 1. The molecule has 3 rings (SSSR count). The molecule has 1 aliphatic rings. The van der Waals surface area contributed by atoms with Gasteiger partial charge in [0.1, 0.15) is 5.01 Å². The summed E-state index contributed by atoms with van der Waals surface area (Å²) in [6, 6.07) is 2.94. The van der Waals surface area contributed by atoms with Crippen LogP contribution in [0.2, 0.25) is 0 Å². The van der Waals surface area contributed by atoms with Crippen molar-refractivity contribution in [3.8, 4) is 0 Å². The predicted molar refractivity (Wildman–Crippen MR) is 89.2 cm³/mol. The molecule has 0 amide bonds. The Morgan fingerprint density at radius 1 is 1.35 bits per heavy atom. The van der Waals surface area contributed by atoms with Gasteiger partial charge in [-0.15, -0.1) is 22.7 Å². The first kappa shape index (κ1) is 14.7. The highest BCUT2D eigenvalue weighted by atomic mass is 79.9. The number of aromatic nitrogens is 1. The third-order valence-electron chi connectivity index (χ3n) is 3.22. The molecule has 0 saturated heterocycles. The Morgan fingerprint density at radius 2 is 2.20 bits per heavy atom. The van der Waals surface area contributed by atoms with E-state index in [-0.39, 0.29) is 0 Å². The molecule has 3 nitrogen and oxygen atoms in total. The molecule has 2 aromatic rings. The molecule has 2 heterocycles. The fourth-order valence-electron chi connectivity index (χ4n) is 2.09. The molecule has 108 valence electrons. The van der Waals surface area contributed by atoms with Crippen LogP contribution in [0.15, 0.2) is 20.6 Å². The lowest BCUT2D eigenvalue weighted by atomic mass is 10.3. The molecule has 1 saturated carbocycles. The Bertz CT molecular complexity index is 562. The highest BCUT2D eigenvalue weighted by Gasteiger charge is 2.20. The van der Waals surface area contributed by atoms with E-state index in [9.17, 15) is 0 Å². The lowest BCUT2D eigenvalue weighted by molar-refractivity contribution is 0.316. The molecule has 0 atom stereocenters. The van der Waals surface area contributed by atoms with Crippen LogP contribution in [-0.2, 0) is 19.6 Å². The Kier molecular flexibility index (Phi) is 4.88. The molecular formula is C14H18BrN3S2. The van der Waals surface area contributed by atoms with Gasteiger partial charge in [-0.05, 0) is 52.8 Å². The van der Waals surface area contributed by atoms with E-state index in [0.717, 1.165) is 25.7 Å². The monoisotopic (exact) mass is 371 g/mol. The number of nitrogens with zero attached hydrogens (tertiary/aromatic N) is 2. The Morgan fingerprint density at radius 3 is 2.90 bits per heavy atom. The Labute approximate surface area is 136 Å². The number of rotatable bonds is 7. The van der Waals surface area contributed by atoms with Crippen molar-refractivity contribution in [3.63, 3.8) is 0 Å². The average Bonchev–Trinajstić information content (AvgIpc) is 3.00. The molecule has 0 radical (unpaired) electrons. The van der Waals surface area contributed by atoms with Crippen LogP contribution in [0, 0.1) is 0 Å². The summed E-state index contributed by atoms with van der Waals surface area (Å²) in [4.78, 5) is 7.01. The summed E-state index contributed by atoms with van der Waals surface area (Å²) < 4.78 is 1.20. The second-order valence-electron chi connectivity index (χ2n) is 5.32. The SMILES string of the molecule is CN(Cc1csc(Br)c1)Cc1csc(CNC2CC2)n1. The topological polar surface area (TPSA) is 28.2 Å². The highest BCUT2D eigenvalue weighted by molar-refractivity contribution is 9.11. The second-order valence-corrected chi connectivity index (χ2v) is 8.55. The molecule has 0 bridgehead atoms. The zero-order chi connectivity index (χ0) is 13.9. The van der Waals surface area contributed by atoms with Crippen molar-refractivity contribution in [2.45, 2.75) is 38.5 Å². The van der Waals surface area contributed by atoms with Crippen molar-refractivity contribution in [2.75, 3.05) is 7.05 Å². The molecule has 0 aliphatic heterocycles. The van der Waals surface area contributed by atoms with Gasteiger partial charge >= 0.3 is 0 Å². The largest absolute Gasteiger partial charge is 0.308 e. The van der Waals surface area contributed by atoms with Gasteiger partial charge in [0, 0.05) is 31.1 Å². The molecule has 1 N–H and O–H groups in total. The summed E-state index contributed by atoms with van der Waals surface area (Å²) in [5, 5.41) is 9.11. The zero-order valence-electron chi connectivity index (χ0n) is 11.4. The first-order chi connectivity index (χ1) is 9.69. The first-order valence-electron chi connectivity index (χ1n) is 6.77. The Hall–Kier alpha value is -0.270. The minimum absolute atomic E-state index is 0.752. The zero-order valence-corrected chi connectivity index (χ0v) is 14.7. The van der Waals surface area contributed by atoms with Gasteiger partial charge in [-0.1, -0.05) is 0 Å². The third-order valence-corrected chi connectivity index (χ3v) is 5.68. The summed E-state index contributed by atoms with van der Waals surface area (Å²) in [7, 11) is 2.15.